The van der Waals surface area contributed by atoms with Crippen molar-refractivity contribution in [2.24, 2.45) is 34.9 Å². The number of amides is 2. The zero-order valence-corrected chi connectivity index (χ0v) is 73.7. The maximum Gasteiger partial charge on any atom is 0.329 e. The summed E-state index contributed by atoms with van der Waals surface area (Å²) in [6, 6.07) is -1.17. The van der Waals surface area contributed by atoms with Crippen LogP contribution in [0.1, 0.15) is 179 Å². The van der Waals surface area contributed by atoms with Gasteiger partial charge in [0.25, 0.3) is 11.7 Å². The van der Waals surface area contributed by atoms with E-state index in [9.17, 15) is 39.3 Å². The van der Waals surface area contributed by atoms with Crippen LogP contribution in [0.15, 0.2) is 40.7 Å². The summed E-state index contributed by atoms with van der Waals surface area (Å²) in [6.07, 6.45) is 12.5. The number of nitrogens with zero attached hydrogens (tertiary/aromatic N) is 3. The molecule has 6 N–H and O–H groups in total. The molecule has 133 heavy (non-hydrogen) atoms. The standard InChI is InChI=1S/C51H81N3O13.C51H4.H2N2O13.38H2/c1-31-24-32(2)26-43(64-7)47-44(65-8)28-34(4)51(62,67-47)48(59)49(60)54-21-13-12-15-38(54)50(61)66-46(33(3)27-36-17-18-39(55)42(29-36)63-6)35(5)40(56)30-41(57)37(25-31)14-10-9-11-16-45(58)53-22-19-52-20-23-53;1-3-5-7-9-11-13-15-17-19-21-23-25-27-29-31-33-35-37-39-41-43-45-47-49-51-50-48-46-44-42-40-38-36-34-32-30-28-26-24-22-20-18-16-14-12-10-8-6-4-2;1-2-4-6-8-10-12-14-15-13-11-9-7-5-3;;;;;;;;;;;;;;;;;;;;;;;;;;;;;;;;;;;;;;/h9-10,25,27,32,34-40,42-44,46-47,52,55-56,62H,11-24,26,28-30H2,1-8H3;1H,2H3;1,3H;38*1H/b10-9+,31-25+,33-27+;;;;;;;;;;;;;;;;;;;;;;;;;;;;;;;;;;;;;;;;/t32-,34+,35+,36-,37+,38-,39+,40-,42+,43-,44-,46+,47+,51+;;;;;;;;;;;;;;;;;;;;;;;;;;;;;;;;;;;;;;;;/m0......................................../s1. The van der Waals surface area contributed by atoms with Gasteiger partial charge in [-0.2, -0.15) is 10.5 Å². The van der Waals surface area contributed by atoms with Gasteiger partial charge in [0.1, 0.15) is 24.0 Å². The number of allylic oxidation sites excluding steroid dienone is 5. The number of ether oxygens (including phenoxy) is 5. The van der Waals surface area contributed by atoms with Gasteiger partial charge in [-0.15, -0.1) is 6.42 Å². The van der Waals surface area contributed by atoms with Crippen LogP contribution < -0.4 is 5.32 Å². The Bertz CT molecular complexity index is 6030. The number of hydrogen-bond acceptors (Lipinski definition) is 29. The summed E-state index contributed by atoms with van der Waals surface area (Å²) >= 11 is 0. The second kappa shape index (κ2) is 72.5. The highest BCUT2D eigenvalue weighted by atomic mass is 18.0. The highest BCUT2D eigenvalue weighted by Crippen LogP contribution is 2.40. The number of fused-ring (bicyclic) bond motifs is 3. The Kier molecular flexibility index (Phi) is 60.9. The molecule has 752 valence electrons. The van der Waals surface area contributed by atoms with E-state index in [1.165, 1.54) is 19.1 Å². The van der Waals surface area contributed by atoms with E-state index in [1.807, 2.05) is 50.0 Å². The molecule has 0 aromatic carbocycles. The first-order chi connectivity index (χ1) is 64.7. The molecule has 0 aromatic rings. The van der Waals surface area contributed by atoms with E-state index in [0.717, 1.165) is 18.7 Å². The van der Waals surface area contributed by atoms with Crippen LogP contribution in [0, 0.1) is 332 Å². The Morgan fingerprint density at radius 3 is 1.42 bits per heavy atom. The Hall–Kier alpha value is -15.4. The van der Waals surface area contributed by atoms with Gasteiger partial charge in [-0.3, -0.25) is 19.2 Å². The number of aliphatic hydroxyl groups excluding tert-OH is 2. The van der Waals surface area contributed by atoms with Gasteiger partial charge >= 0.3 is 5.97 Å². The number of piperazine rings is 1. The number of cyclic esters (lactones) is 1. The summed E-state index contributed by atoms with van der Waals surface area (Å²) in [5.74, 6) is 114. The molecule has 31 heteroatoms. The zero-order chi connectivity index (χ0) is 96.8. The van der Waals surface area contributed by atoms with E-state index >= 15 is 0 Å². The topological polar surface area (TPSA) is 378 Å². The highest BCUT2D eigenvalue weighted by Gasteiger charge is 2.57. The number of methoxy groups -OCH3 is 3. The number of ketones is 2. The average molecular weight is 1880 g/mol. The van der Waals surface area contributed by atoms with Gasteiger partial charge < -0.3 is 54.1 Å². The van der Waals surface area contributed by atoms with E-state index in [1.54, 1.807) is 27.9 Å². The van der Waals surface area contributed by atoms with Gasteiger partial charge in [0, 0.05) is 359 Å². The van der Waals surface area contributed by atoms with Crippen molar-refractivity contribution in [3.05, 3.63) is 35.5 Å². The number of Topliss-reactive ketones (excluding diaryl/α,β-unsaturated/α-hetero) is 2. The average Bonchev–Trinajstić information content (AvgIpc) is 0.838. The van der Waals surface area contributed by atoms with Crippen LogP contribution in [-0.4, -0.2) is 168 Å². The van der Waals surface area contributed by atoms with Gasteiger partial charge in [-0.05, 0) is 229 Å². The molecule has 2 bridgehead atoms. The van der Waals surface area contributed by atoms with E-state index < -0.39 is 83.9 Å². The maximum absolute atomic E-state index is 14.5. The number of piperidine rings is 1. The third kappa shape index (κ3) is 49.6. The first-order valence-electron chi connectivity index (χ1n) is 40.1. The number of carbonyl (C=O) groups is 5. The van der Waals surface area contributed by atoms with Crippen molar-refractivity contribution < 1.29 is 183 Å². The molecule has 4 fully saturated rings. The molecule has 5 rings (SSSR count). The second-order valence-electron chi connectivity index (χ2n) is 27.3. The van der Waals surface area contributed by atoms with Crippen LogP contribution in [0.5, 0.6) is 0 Å². The molecule has 0 spiro atoms. The van der Waals surface area contributed by atoms with Crippen molar-refractivity contribution >= 4 is 29.4 Å². The third-order valence-corrected chi connectivity index (χ3v) is 18.4. The molecular weight excluding hydrogens is 1710 g/mol. The van der Waals surface area contributed by atoms with Crippen molar-refractivity contribution in [3.8, 4) is 297 Å². The normalized spacial score (nSPS) is 21.9. The molecular formula is C102H163N5O26. The summed E-state index contributed by atoms with van der Waals surface area (Å²) in [5.41, 5.74) is 7.55. The molecule has 2 amide bonds. The van der Waals surface area contributed by atoms with Crippen molar-refractivity contribution in [1.82, 2.24) is 15.1 Å². The van der Waals surface area contributed by atoms with Crippen LogP contribution in [0.25, 0.3) is 0 Å². The van der Waals surface area contributed by atoms with Gasteiger partial charge in [0.15, 0.2) is 0 Å². The quantitative estimate of drug-likeness (QED) is 0.00857. The lowest BCUT2D eigenvalue weighted by Crippen LogP contribution is -2.64. The minimum absolute atomic E-state index is 0. The number of hydrogen-bond donors (Lipinski definition) is 6. The van der Waals surface area contributed by atoms with E-state index in [-0.39, 0.29) is 110 Å². The number of aliphatic hydroxyl groups is 3. The van der Waals surface area contributed by atoms with Crippen LogP contribution in [0.4, 0.5) is 0 Å². The van der Waals surface area contributed by atoms with Gasteiger partial charge in [0.2, 0.25) is 11.7 Å². The summed E-state index contributed by atoms with van der Waals surface area (Å²) in [7, 11) is 4.61. The van der Waals surface area contributed by atoms with E-state index in [2.05, 4.69) is 361 Å². The summed E-state index contributed by atoms with van der Waals surface area (Å²) < 4.78 is 30.0. The van der Waals surface area contributed by atoms with E-state index in [4.69, 9.17) is 40.9 Å². The molecule has 4 aliphatic heterocycles. The van der Waals surface area contributed by atoms with Crippen molar-refractivity contribution in [1.29, 1.82) is 5.53 Å². The fourth-order valence-corrected chi connectivity index (χ4v) is 12.5. The fraction of sp³-hybridized carbons (Fsp3) is 0.402. The maximum atomic E-state index is 14.5. The Morgan fingerprint density at radius 2 is 0.992 bits per heavy atom. The summed E-state index contributed by atoms with van der Waals surface area (Å²) in [6.45, 7) is 13.8. The van der Waals surface area contributed by atoms with E-state index in [0.29, 0.717) is 82.9 Å². The van der Waals surface area contributed by atoms with Crippen LogP contribution in [0.2, 0.25) is 0 Å². The van der Waals surface area contributed by atoms with Crippen molar-refractivity contribution in [2.45, 2.75) is 180 Å². The molecule has 3 saturated heterocycles. The van der Waals surface area contributed by atoms with Crippen LogP contribution >= 0.6 is 0 Å². The van der Waals surface area contributed by atoms with Gasteiger partial charge in [0.05, 0.1) is 35.8 Å². The molecule has 5 aliphatic rings. The monoisotopic (exact) mass is 1870 g/mol. The Labute approximate surface area is 831 Å². The van der Waals surface area contributed by atoms with Crippen LogP contribution in [-0.2, 0) is 108 Å². The fourth-order valence-electron chi connectivity index (χ4n) is 12.5. The van der Waals surface area contributed by atoms with Gasteiger partial charge in [-0.25, -0.2) is 10.1 Å². The predicted molar refractivity (Wildman–Crippen MR) is 552 cm³/mol. The minimum Gasteiger partial charge on any atom is -0.456 e. The molecule has 0 radical (unpaired) electrons. The number of terminal acetylenes is 1. The first kappa shape index (κ1) is 112. The van der Waals surface area contributed by atoms with Crippen molar-refractivity contribution in [3.63, 3.8) is 0 Å². The molecule has 4 heterocycles. The first-order valence-corrected chi connectivity index (χ1v) is 40.1. The lowest BCUT2D eigenvalue weighted by molar-refractivity contribution is -0.869. The SMILES string of the molecule is C#CC#CC#CC#CC#CC#CC#CC#CC#CC#CC#CC#CC#CC#CC#CC#CC#CC#CC#CC#CC#CC#CC#CC#CC#CC.CO[C@H]1C[C@@H](C)C/C(C)=C/[C@@H](C/C=C/CCC(=O)N2CCNCC2)C(=O)C[C@H](O)[C@@H](C)[C@@H](/C(C)=C/[C@@H]2CC[C@@H](O)[C@H](OC)C2)OC(=O)[C@@H]2CCCCN2C(=O)C(=O)[C@]2(O)O[C@H]1[C@@H](OC)C[C@H]2C.N=NOOOOOOOOOOOOO.[HH].[HH].[HH].[HH].[HH].[HH].[HH].[HH].[HH].[HH].[HH].[HH].[HH].[HH].[HH].[HH].[HH].[HH].[HH].[HH].[HH].[HH].[HH].[HH].[HH].[HH].[HH].[HH].[HH].[HH].[HH].[HH].[HH].[HH].[HH].[HH].[HH].[HH]. The number of carbonyl (C=O) groups excluding carboxylic acids is 5. The largest absolute Gasteiger partial charge is 0.456 e. The number of nitrogens with one attached hydrogen (secondary N) is 2. The lowest BCUT2D eigenvalue weighted by atomic mass is 9.81. The van der Waals surface area contributed by atoms with Crippen molar-refractivity contribution in [2.75, 3.05) is 54.1 Å². The lowest BCUT2D eigenvalue weighted by Gasteiger charge is -2.47. The molecule has 1 saturated carbocycles. The minimum atomic E-state index is -2.54. The number of esters is 1. The molecule has 1 aliphatic carbocycles. The third-order valence-electron chi connectivity index (χ3n) is 18.4. The summed E-state index contributed by atoms with van der Waals surface area (Å²) in [4.78, 5) is 77.0. The second-order valence-corrected chi connectivity index (χ2v) is 27.3. The smallest absolute Gasteiger partial charge is 0.329 e. The Balaban J connectivity index is -0.0000000472. The Morgan fingerprint density at radius 1 is 0.564 bits per heavy atom. The highest BCUT2D eigenvalue weighted by molar-refractivity contribution is 6.39. The molecule has 31 nitrogen and oxygen atoms in total. The number of rotatable bonds is 22. The molecule has 0 aromatic heterocycles. The van der Waals surface area contributed by atoms with Crippen LogP contribution in [0.3, 0.4) is 0 Å². The molecule has 14 atom stereocenters. The summed E-state index contributed by atoms with van der Waals surface area (Å²) in [5, 5.41) is 84.5. The zero-order valence-electron chi connectivity index (χ0n) is 73.7. The molecule has 0 unspecified atom stereocenters. The van der Waals surface area contributed by atoms with Gasteiger partial charge in [-0.1, -0.05) is 56.6 Å². The predicted octanol–water partition coefficient (Wildman–Crippen LogP) is 14.0.